The molecule has 1 aromatic rings. The first-order valence-corrected chi connectivity index (χ1v) is 6.42. The standard InChI is InChI=1S/C15H23NO3/c1-15(2,3)12-5-7-13(8-6-12)19-11-14(17)16-9-10-18-4/h5-8H,9-11H2,1-4H3,(H,16,17). The zero-order valence-corrected chi connectivity index (χ0v) is 12.2. The Balaban J connectivity index is 2.40. The van der Waals surface area contributed by atoms with E-state index in [0.29, 0.717) is 18.9 Å². The molecule has 1 aromatic carbocycles. The zero-order valence-electron chi connectivity index (χ0n) is 12.2. The fourth-order valence-corrected chi connectivity index (χ4v) is 1.54. The van der Waals surface area contributed by atoms with Crippen LogP contribution in [-0.2, 0) is 14.9 Å². The van der Waals surface area contributed by atoms with Crippen molar-refractivity contribution in [1.82, 2.24) is 5.32 Å². The second-order valence-corrected chi connectivity index (χ2v) is 5.41. The van der Waals surface area contributed by atoms with E-state index in [1.165, 1.54) is 5.56 Å². The molecule has 106 valence electrons. The Morgan fingerprint density at radius 1 is 1.21 bits per heavy atom. The molecule has 4 heteroatoms. The molecule has 0 atom stereocenters. The monoisotopic (exact) mass is 265 g/mol. The van der Waals surface area contributed by atoms with E-state index in [-0.39, 0.29) is 17.9 Å². The normalized spacial score (nSPS) is 11.2. The lowest BCUT2D eigenvalue weighted by molar-refractivity contribution is -0.123. The average molecular weight is 265 g/mol. The van der Waals surface area contributed by atoms with Gasteiger partial charge in [0.05, 0.1) is 6.61 Å². The molecule has 0 heterocycles. The van der Waals surface area contributed by atoms with Crippen LogP contribution in [0.3, 0.4) is 0 Å². The van der Waals surface area contributed by atoms with Gasteiger partial charge in [-0.05, 0) is 23.1 Å². The number of methoxy groups -OCH3 is 1. The van der Waals surface area contributed by atoms with E-state index in [9.17, 15) is 4.79 Å². The minimum atomic E-state index is -0.142. The summed E-state index contributed by atoms with van der Waals surface area (Å²) in [5, 5.41) is 2.70. The third-order valence-corrected chi connectivity index (χ3v) is 2.72. The van der Waals surface area contributed by atoms with Gasteiger partial charge in [-0.1, -0.05) is 32.9 Å². The molecule has 1 rings (SSSR count). The van der Waals surface area contributed by atoms with Gasteiger partial charge in [0, 0.05) is 13.7 Å². The number of hydrogen-bond acceptors (Lipinski definition) is 3. The Morgan fingerprint density at radius 3 is 2.37 bits per heavy atom. The molecule has 0 unspecified atom stereocenters. The minimum Gasteiger partial charge on any atom is -0.484 e. The maximum Gasteiger partial charge on any atom is 0.258 e. The zero-order chi connectivity index (χ0) is 14.3. The van der Waals surface area contributed by atoms with Gasteiger partial charge in [-0.3, -0.25) is 4.79 Å². The summed E-state index contributed by atoms with van der Waals surface area (Å²) in [5.41, 5.74) is 1.36. The molecular formula is C15H23NO3. The van der Waals surface area contributed by atoms with Gasteiger partial charge in [0.25, 0.3) is 5.91 Å². The van der Waals surface area contributed by atoms with Crippen LogP contribution < -0.4 is 10.1 Å². The van der Waals surface area contributed by atoms with Crippen LogP contribution in [0, 0.1) is 0 Å². The Kier molecular flexibility index (Phi) is 5.83. The van der Waals surface area contributed by atoms with Gasteiger partial charge in [0.15, 0.2) is 6.61 Å². The molecule has 0 saturated carbocycles. The average Bonchev–Trinajstić information content (AvgIpc) is 2.36. The highest BCUT2D eigenvalue weighted by Crippen LogP contribution is 2.24. The van der Waals surface area contributed by atoms with Gasteiger partial charge < -0.3 is 14.8 Å². The van der Waals surface area contributed by atoms with Crippen LogP contribution in [0.4, 0.5) is 0 Å². The largest absolute Gasteiger partial charge is 0.484 e. The minimum absolute atomic E-state index is 0.0264. The van der Waals surface area contributed by atoms with Crippen molar-refractivity contribution in [3.05, 3.63) is 29.8 Å². The molecule has 0 aliphatic carbocycles. The molecule has 1 amide bonds. The molecule has 0 bridgehead atoms. The summed E-state index contributed by atoms with van der Waals surface area (Å²) < 4.78 is 10.3. The quantitative estimate of drug-likeness (QED) is 0.802. The van der Waals surface area contributed by atoms with Crippen molar-refractivity contribution in [2.24, 2.45) is 0 Å². The summed E-state index contributed by atoms with van der Waals surface area (Å²) in [7, 11) is 1.60. The van der Waals surface area contributed by atoms with Gasteiger partial charge in [-0.2, -0.15) is 0 Å². The van der Waals surface area contributed by atoms with E-state index in [2.05, 4.69) is 26.1 Å². The van der Waals surface area contributed by atoms with Gasteiger partial charge in [-0.15, -0.1) is 0 Å². The molecule has 0 aliphatic rings. The van der Waals surface area contributed by atoms with Gasteiger partial charge in [0.2, 0.25) is 0 Å². The van der Waals surface area contributed by atoms with E-state index in [0.717, 1.165) is 0 Å². The van der Waals surface area contributed by atoms with E-state index in [4.69, 9.17) is 9.47 Å². The van der Waals surface area contributed by atoms with E-state index >= 15 is 0 Å². The number of rotatable bonds is 6. The number of ether oxygens (including phenoxy) is 2. The van der Waals surface area contributed by atoms with E-state index < -0.39 is 0 Å². The molecule has 4 nitrogen and oxygen atoms in total. The fourth-order valence-electron chi connectivity index (χ4n) is 1.54. The van der Waals surface area contributed by atoms with Crippen molar-refractivity contribution in [1.29, 1.82) is 0 Å². The van der Waals surface area contributed by atoms with Crippen LogP contribution in [0.25, 0.3) is 0 Å². The van der Waals surface area contributed by atoms with Crippen LogP contribution in [0.15, 0.2) is 24.3 Å². The van der Waals surface area contributed by atoms with E-state index in [1.54, 1.807) is 7.11 Å². The maximum atomic E-state index is 11.4. The third-order valence-electron chi connectivity index (χ3n) is 2.72. The van der Waals surface area contributed by atoms with Crippen molar-refractivity contribution < 1.29 is 14.3 Å². The lowest BCUT2D eigenvalue weighted by atomic mass is 9.87. The van der Waals surface area contributed by atoms with Crippen molar-refractivity contribution in [3.63, 3.8) is 0 Å². The third kappa shape index (κ3) is 5.75. The molecule has 0 saturated heterocycles. The highest BCUT2D eigenvalue weighted by atomic mass is 16.5. The first-order chi connectivity index (χ1) is 8.93. The summed E-state index contributed by atoms with van der Waals surface area (Å²) in [6.45, 7) is 7.51. The molecule has 0 fully saturated rings. The lowest BCUT2D eigenvalue weighted by Crippen LogP contribution is -2.31. The Morgan fingerprint density at radius 2 is 1.84 bits per heavy atom. The number of hydrogen-bond donors (Lipinski definition) is 1. The predicted octanol–water partition coefficient (Wildman–Crippen LogP) is 2.13. The number of nitrogens with one attached hydrogen (secondary N) is 1. The Hall–Kier alpha value is -1.55. The molecule has 0 aliphatic heterocycles. The van der Waals surface area contributed by atoms with Gasteiger partial charge >= 0.3 is 0 Å². The smallest absolute Gasteiger partial charge is 0.258 e. The second kappa shape index (κ2) is 7.14. The van der Waals surface area contributed by atoms with Crippen molar-refractivity contribution in [2.45, 2.75) is 26.2 Å². The highest BCUT2D eigenvalue weighted by molar-refractivity contribution is 5.77. The topological polar surface area (TPSA) is 47.6 Å². The number of amides is 1. The van der Waals surface area contributed by atoms with Crippen LogP contribution in [0.1, 0.15) is 26.3 Å². The van der Waals surface area contributed by atoms with Crippen LogP contribution in [-0.4, -0.2) is 32.8 Å². The summed E-state index contributed by atoms with van der Waals surface area (Å²) in [6, 6.07) is 7.84. The van der Waals surface area contributed by atoms with Crippen LogP contribution in [0.5, 0.6) is 5.75 Å². The predicted molar refractivity (Wildman–Crippen MR) is 75.5 cm³/mol. The molecule has 0 spiro atoms. The molecular weight excluding hydrogens is 242 g/mol. The van der Waals surface area contributed by atoms with Crippen molar-refractivity contribution in [3.8, 4) is 5.75 Å². The molecule has 1 N–H and O–H groups in total. The van der Waals surface area contributed by atoms with E-state index in [1.807, 2.05) is 24.3 Å². The SMILES string of the molecule is COCCNC(=O)COc1ccc(C(C)(C)C)cc1. The molecule has 19 heavy (non-hydrogen) atoms. The molecule has 0 aromatic heterocycles. The van der Waals surface area contributed by atoms with Crippen molar-refractivity contribution in [2.75, 3.05) is 26.9 Å². The van der Waals surface area contributed by atoms with Gasteiger partial charge in [0.1, 0.15) is 5.75 Å². The first-order valence-electron chi connectivity index (χ1n) is 6.42. The Labute approximate surface area is 115 Å². The second-order valence-electron chi connectivity index (χ2n) is 5.41. The number of carbonyl (C=O) groups is 1. The van der Waals surface area contributed by atoms with Crippen molar-refractivity contribution >= 4 is 5.91 Å². The summed E-state index contributed by atoms with van der Waals surface area (Å²) in [5.74, 6) is 0.562. The fraction of sp³-hybridized carbons (Fsp3) is 0.533. The van der Waals surface area contributed by atoms with Crippen LogP contribution >= 0.6 is 0 Å². The molecule has 0 radical (unpaired) electrons. The lowest BCUT2D eigenvalue weighted by Gasteiger charge is -2.19. The summed E-state index contributed by atoms with van der Waals surface area (Å²) >= 11 is 0. The Bertz CT molecular complexity index is 393. The summed E-state index contributed by atoms with van der Waals surface area (Å²) in [6.07, 6.45) is 0. The highest BCUT2D eigenvalue weighted by Gasteiger charge is 2.13. The van der Waals surface area contributed by atoms with Gasteiger partial charge in [-0.25, -0.2) is 0 Å². The van der Waals surface area contributed by atoms with Crippen LogP contribution in [0.2, 0.25) is 0 Å². The number of benzene rings is 1. The summed E-state index contributed by atoms with van der Waals surface area (Å²) in [4.78, 5) is 11.4. The number of carbonyl (C=O) groups excluding carboxylic acids is 1. The first kappa shape index (κ1) is 15.5. The maximum absolute atomic E-state index is 11.4.